The molecule has 0 aliphatic rings. The summed E-state index contributed by atoms with van der Waals surface area (Å²) in [7, 11) is 4.29. The lowest BCUT2D eigenvalue weighted by Gasteiger charge is -2.21. The fraction of sp³-hybridized carbons (Fsp3) is 1.00. The van der Waals surface area contributed by atoms with E-state index in [1.807, 2.05) is 0 Å². The molecular formula is C11H26N2. The van der Waals surface area contributed by atoms with Crippen LogP contribution in [0, 0.1) is 0 Å². The maximum Gasteiger partial charge on any atom is 0.0194 e. The molecule has 0 saturated carbocycles. The molecule has 0 aliphatic carbocycles. The Morgan fingerprint density at radius 1 is 1.15 bits per heavy atom. The Labute approximate surface area is 83.7 Å². The van der Waals surface area contributed by atoms with Gasteiger partial charge in [0.2, 0.25) is 0 Å². The smallest absolute Gasteiger partial charge is 0.0194 e. The lowest BCUT2D eigenvalue weighted by atomic mass is 10.1. The number of rotatable bonds is 8. The van der Waals surface area contributed by atoms with Gasteiger partial charge in [0.25, 0.3) is 0 Å². The van der Waals surface area contributed by atoms with Gasteiger partial charge >= 0.3 is 0 Å². The second-order valence-electron chi connectivity index (χ2n) is 4.01. The zero-order chi connectivity index (χ0) is 10.1. The third kappa shape index (κ3) is 8.26. The third-order valence-electron chi connectivity index (χ3n) is 2.23. The van der Waals surface area contributed by atoms with Crippen molar-refractivity contribution in [3.05, 3.63) is 0 Å². The van der Waals surface area contributed by atoms with Crippen molar-refractivity contribution in [1.82, 2.24) is 10.2 Å². The molecule has 13 heavy (non-hydrogen) atoms. The van der Waals surface area contributed by atoms with Crippen LogP contribution >= 0.6 is 0 Å². The number of hydrogen-bond donors (Lipinski definition) is 1. The average Bonchev–Trinajstić information content (AvgIpc) is 2.04. The van der Waals surface area contributed by atoms with E-state index in [2.05, 4.69) is 38.2 Å². The van der Waals surface area contributed by atoms with Gasteiger partial charge in [-0.05, 0) is 27.1 Å². The molecule has 0 saturated heterocycles. The zero-order valence-corrected chi connectivity index (χ0v) is 9.77. The molecule has 2 nitrogen and oxygen atoms in total. The van der Waals surface area contributed by atoms with Crippen molar-refractivity contribution < 1.29 is 0 Å². The minimum absolute atomic E-state index is 0.687. The number of nitrogens with one attached hydrogen (secondary N) is 1. The normalized spacial score (nSPS) is 13.6. The highest BCUT2D eigenvalue weighted by atomic mass is 15.1. The van der Waals surface area contributed by atoms with Gasteiger partial charge in [-0.2, -0.15) is 0 Å². The van der Waals surface area contributed by atoms with Crippen molar-refractivity contribution in [2.24, 2.45) is 0 Å². The summed E-state index contributed by atoms with van der Waals surface area (Å²) in [5.41, 5.74) is 0. The number of likely N-dealkylation sites (N-methyl/N-ethyl adjacent to an activating group) is 2. The van der Waals surface area contributed by atoms with Crippen LogP contribution in [0.4, 0.5) is 0 Å². The molecule has 0 radical (unpaired) electrons. The largest absolute Gasteiger partial charge is 0.313 e. The van der Waals surface area contributed by atoms with Crippen molar-refractivity contribution in [1.29, 1.82) is 0 Å². The summed E-state index contributed by atoms with van der Waals surface area (Å²) in [6, 6.07) is 0.687. The van der Waals surface area contributed by atoms with E-state index >= 15 is 0 Å². The average molecular weight is 186 g/mol. The van der Waals surface area contributed by atoms with E-state index in [0.717, 1.165) is 13.1 Å². The topological polar surface area (TPSA) is 15.3 Å². The molecule has 1 atom stereocenters. The van der Waals surface area contributed by atoms with Gasteiger partial charge in [0, 0.05) is 12.6 Å². The fourth-order valence-electron chi connectivity index (χ4n) is 1.63. The van der Waals surface area contributed by atoms with Crippen molar-refractivity contribution >= 4 is 0 Å². The summed E-state index contributed by atoms with van der Waals surface area (Å²) < 4.78 is 0. The molecule has 0 fully saturated rings. The maximum absolute atomic E-state index is 3.53. The SMILES string of the molecule is CCCCCC(CN(C)C)NCC. The molecular weight excluding hydrogens is 160 g/mol. The first-order valence-electron chi connectivity index (χ1n) is 5.58. The van der Waals surface area contributed by atoms with E-state index < -0.39 is 0 Å². The first-order valence-corrected chi connectivity index (χ1v) is 5.58. The Morgan fingerprint density at radius 2 is 1.85 bits per heavy atom. The van der Waals surface area contributed by atoms with Gasteiger partial charge in [-0.15, -0.1) is 0 Å². The van der Waals surface area contributed by atoms with Gasteiger partial charge in [-0.25, -0.2) is 0 Å². The molecule has 0 spiro atoms. The van der Waals surface area contributed by atoms with Crippen LogP contribution in [0.15, 0.2) is 0 Å². The van der Waals surface area contributed by atoms with Gasteiger partial charge in [0.1, 0.15) is 0 Å². The van der Waals surface area contributed by atoms with E-state index in [9.17, 15) is 0 Å². The van der Waals surface area contributed by atoms with Crippen LogP contribution in [0.1, 0.15) is 39.5 Å². The molecule has 0 heterocycles. The monoisotopic (exact) mass is 186 g/mol. The summed E-state index contributed by atoms with van der Waals surface area (Å²) in [5.74, 6) is 0. The van der Waals surface area contributed by atoms with Crippen LogP contribution in [0.5, 0.6) is 0 Å². The third-order valence-corrected chi connectivity index (χ3v) is 2.23. The van der Waals surface area contributed by atoms with Crippen LogP contribution in [0.25, 0.3) is 0 Å². The Hall–Kier alpha value is -0.0800. The molecule has 0 aromatic rings. The summed E-state index contributed by atoms with van der Waals surface area (Å²) >= 11 is 0. The number of unbranched alkanes of at least 4 members (excludes halogenated alkanes) is 2. The van der Waals surface area contributed by atoms with Crippen LogP contribution < -0.4 is 5.32 Å². The van der Waals surface area contributed by atoms with Gasteiger partial charge < -0.3 is 10.2 Å². The highest BCUT2D eigenvalue weighted by Gasteiger charge is 2.06. The molecule has 0 bridgehead atoms. The second-order valence-corrected chi connectivity index (χ2v) is 4.01. The predicted molar refractivity (Wildman–Crippen MR) is 60.2 cm³/mol. The standard InChI is InChI=1S/C11H26N2/c1-5-7-8-9-11(12-6-2)10-13(3)4/h11-12H,5-10H2,1-4H3. The molecule has 0 aromatic heterocycles. The second kappa shape index (κ2) is 8.52. The van der Waals surface area contributed by atoms with E-state index in [-0.39, 0.29) is 0 Å². The van der Waals surface area contributed by atoms with Crippen LogP contribution in [0.2, 0.25) is 0 Å². The molecule has 1 N–H and O–H groups in total. The predicted octanol–water partition coefficient (Wildman–Crippen LogP) is 2.11. The lowest BCUT2D eigenvalue weighted by Crippen LogP contribution is -2.38. The molecule has 0 aromatic carbocycles. The van der Waals surface area contributed by atoms with Crippen LogP contribution in [0.3, 0.4) is 0 Å². The zero-order valence-electron chi connectivity index (χ0n) is 9.77. The Bertz CT molecular complexity index is 102. The molecule has 0 amide bonds. The first kappa shape index (κ1) is 12.9. The van der Waals surface area contributed by atoms with Gasteiger partial charge in [-0.3, -0.25) is 0 Å². The van der Waals surface area contributed by atoms with E-state index in [0.29, 0.717) is 6.04 Å². The Morgan fingerprint density at radius 3 is 2.31 bits per heavy atom. The number of hydrogen-bond acceptors (Lipinski definition) is 2. The minimum atomic E-state index is 0.687. The lowest BCUT2D eigenvalue weighted by molar-refractivity contribution is 0.324. The van der Waals surface area contributed by atoms with Crippen LogP contribution in [-0.4, -0.2) is 38.1 Å². The molecule has 80 valence electrons. The highest BCUT2D eigenvalue weighted by molar-refractivity contribution is 4.68. The van der Waals surface area contributed by atoms with Crippen LogP contribution in [-0.2, 0) is 0 Å². The molecule has 1 unspecified atom stereocenters. The Kier molecular flexibility index (Phi) is 8.46. The Balaban J connectivity index is 3.53. The van der Waals surface area contributed by atoms with Gasteiger partial charge in [0.15, 0.2) is 0 Å². The van der Waals surface area contributed by atoms with Gasteiger partial charge in [0.05, 0.1) is 0 Å². The van der Waals surface area contributed by atoms with E-state index in [1.165, 1.54) is 25.7 Å². The quantitative estimate of drug-likeness (QED) is 0.584. The summed E-state index contributed by atoms with van der Waals surface area (Å²) in [4.78, 5) is 2.26. The molecule has 0 rings (SSSR count). The van der Waals surface area contributed by atoms with E-state index in [1.54, 1.807) is 0 Å². The van der Waals surface area contributed by atoms with Crippen molar-refractivity contribution in [2.75, 3.05) is 27.2 Å². The van der Waals surface area contributed by atoms with Gasteiger partial charge in [-0.1, -0.05) is 33.1 Å². The minimum Gasteiger partial charge on any atom is -0.313 e. The van der Waals surface area contributed by atoms with Crippen molar-refractivity contribution in [3.8, 4) is 0 Å². The summed E-state index contributed by atoms with van der Waals surface area (Å²) in [6.07, 6.45) is 5.37. The first-order chi connectivity index (χ1) is 6.20. The number of nitrogens with zero attached hydrogens (tertiary/aromatic N) is 1. The summed E-state index contributed by atoms with van der Waals surface area (Å²) in [6.45, 7) is 6.69. The molecule has 2 heteroatoms. The summed E-state index contributed by atoms with van der Waals surface area (Å²) in [5, 5.41) is 3.53. The van der Waals surface area contributed by atoms with Crippen molar-refractivity contribution in [3.63, 3.8) is 0 Å². The van der Waals surface area contributed by atoms with Crippen molar-refractivity contribution in [2.45, 2.75) is 45.6 Å². The molecule has 0 aliphatic heterocycles. The highest BCUT2D eigenvalue weighted by Crippen LogP contribution is 2.03. The maximum atomic E-state index is 3.53. The fourth-order valence-corrected chi connectivity index (χ4v) is 1.63. The van der Waals surface area contributed by atoms with E-state index in [4.69, 9.17) is 0 Å².